The second kappa shape index (κ2) is 6.86. The zero-order valence-electron chi connectivity index (χ0n) is 10.8. The number of ether oxygens (including phenoxy) is 1. The Bertz CT molecular complexity index is 696. The number of nitrogens with zero attached hydrogens (tertiary/aromatic N) is 1. The predicted octanol–water partition coefficient (Wildman–Crippen LogP) is 3.74. The van der Waals surface area contributed by atoms with Crippen LogP contribution in [0.3, 0.4) is 0 Å². The number of anilines is 1. The third-order valence-corrected chi connectivity index (χ3v) is 3.21. The number of nitrogens with one attached hydrogen (secondary N) is 1. The van der Waals surface area contributed by atoms with Gasteiger partial charge in [-0.05, 0) is 58.4 Å². The van der Waals surface area contributed by atoms with Gasteiger partial charge < -0.3 is 10.1 Å². The molecule has 0 aliphatic carbocycles. The van der Waals surface area contributed by atoms with Crippen LogP contribution in [0.5, 0.6) is 5.75 Å². The Morgan fingerprint density at radius 2 is 2.00 bits per heavy atom. The number of carbonyl (C=O) groups excluding carboxylic acids is 1. The number of hydrogen-bond acceptors (Lipinski definition) is 3. The summed E-state index contributed by atoms with van der Waals surface area (Å²) in [5.74, 6) is -0.231. The molecule has 0 aliphatic heterocycles. The van der Waals surface area contributed by atoms with Gasteiger partial charge in [-0.3, -0.25) is 4.79 Å². The minimum absolute atomic E-state index is 0.0324. The maximum absolute atomic E-state index is 13.1. The van der Waals surface area contributed by atoms with Crippen LogP contribution >= 0.6 is 15.9 Å². The maximum atomic E-state index is 13.1. The van der Waals surface area contributed by atoms with Gasteiger partial charge in [-0.1, -0.05) is 0 Å². The fourth-order valence-corrected chi connectivity index (χ4v) is 1.97. The van der Waals surface area contributed by atoms with Crippen molar-refractivity contribution in [2.45, 2.75) is 0 Å². The normalized spacial score (nSPS) is 9.76. The van der Waals surface area contributed by atoms with E-state index < -0.39 is 5.82 Å². The van der Waals surface area contributed by atoms with Gasteiger partial charge in [-0.15, -0.1) is 0 Å². The first-order valence-corrected chi connectivity index (χ1v) is 6.75. The molecule has 0 saturated carbocycles. The van der Waals surface area contributed by atoms with Crippen molar-refractivity contribution in [1.82, 2.24) is 0 Å². The molecule has 0 spiro atoms. The first-order valence-electron chi connectivity index (χ1n) is 5.96. The molecule has 0 bridgehead atoms. The van der Waals surface area contributed by atoms with E-state index in [4.69, 9.17) is 10.00 Å². The number of nitriles is 1. The fourth-order valence-electron chi connectivity index (χ4n) is 1.59. The van der Waals surface area contributed by atoms with Crippen molar-refractivity contribution in [3.05, 3.63) is 58.3 Å². The van der Waals surface area contributed by atoms with Gasteiger partial charge in [0.2, 0.25) is 0 Å². The van der Waals surface area contributed by atoms with Crippen molar-refractivity contribution in [3.8, 4) is 11.8 Å². The number of carbonyl (C=O) groups is 1. The third-order valence-electron chi connectivity index (χ3n) is 2.60. The van der Waals surface area contributed by atoms with Gasteiger partial charge in [-0.25, -0.2) is 4.39 Å². The Labute approximate surface area is 129 Å². The molecule has 4 nitrogen and oxygen atoms in total. The lowest BCUT2D eigenvalue weighted by molar-refractivity contribution is 0.102. The number of amides is 1. The second-order valence-electron chi connectivity index (χ2n) is 4.05. The molecule has 0 saturated heterocycles. The monoisotopic (exact) mass is 348 g/mol. The van der Waals surface area contributed by atoms with Crippen LogP contribution in [0.2, 0.25) is 0 Å². The molecule has 0 heterocycles. The summed E-state index contributed by atoms with van der Waals surface area (Å²) in [6.07, 6.45) is 0. The molecule has 1 amide bonds. The van der Waals surface area contributed by atoms with Crippen molar-refractivity contribution in [3.63, 3.8) is 0 Å². The summed E-state index contributed by atoms with van der Waals surface area (Å²) < 4.78 is 18.5. The van der Waals surface area contributed by atoms with E-state index in [1.165, 1.54) is 18.2 Å². The minimum Gasteiger partial charge on any atom is -0.479 e. The van der Waals surface area contributed by atoms with E-state index in [1.54, 1.807) is 24.3 Å². The van der Waals surface area contributed by atoms with Crippen molar-refractivity contribution in [2.24, 2.45) is 0 Å². The number of benzene rings is 2. The highest BCUT2D eigenvalue weighted by atomic mass is 79.9. The Balaban J connectivity index is 2.05. The first-order chi connectivity index (χ1) is 10.1. The van der Waals surface area contributed by atoms with Crippen LogP contribution < -0.4 is 10.1 Å². The van der Waals surface area contributed by atoms with Crippen molar-refractivity contribution in [2.75, 3.05) is 11.9 Å². The lowest BCUT2D eigenvalue weighted by Gasteiger charge is -2.07. The Hall–Kier alpha value is -2.39. The zero-order chi connectivity index (χ0) is 15.2. The molecule has 2 aromatic rings. The van der Waals surface area contributed by atoms with Gasteiger partial charge in [0, 0.05) is 11.3 Å². The molecule has 2 rings (SSSR count). The quantitative estimate of drug-likeness (QED) is 0.915. The van der Waals surface area contributed by atoms with E-state index in [1.807, 2.05) is 6.07 Å². The summed E-state index contributed by atoms with van der Waals surface area (Å²) in [5, 5.41) is 11.1. The smallest absolute Gasteiger partial charge is 0.255 e. The number of halogens is 2. The maximum Gasteiger partial charge on any atom is 0.255 e. The molecule has 106 valence electrons. The summed E-state index contributed by atoms with van der Waals surface area (Å²) in [6.45, 7) is -0.0324. The van der Waals surface area contributed by atoms with Gasteiger partial charge in [0.15, 0.2) is 6.61 Å². The van der Waals surface area contributed by atoms with Crippen LogP contribution in [0.15, 0.2) is 46.9 Å². The van der Waals surface area contributed by atoms with Gasteiger partial charge in [0.05, 0.1) is 4.47 Å². The molecular weight excluding hydrogens is 339 g/mol. The Morgan fingerprint density at radius 1 is 1.29 bits per heavy atom. The highest BCUT2D eigenvalue weighted by molar-refractivity contribution is 9.10. The van der Waals surface area contributed by atoms with Crippen molar-refractivity contribution in [1.29, 1.82) is 5.26 Å². The fraction of sp³-hybridized carbons (Fsp3) is 0.0667. The van der Waals surface area contributed by atoms with E-state index in [0.29, 0.717) is 17.0 Å². The third kappa shape index (κ3) is 4.04. The molecule has 0 fully saturated rings. The van der Waals surface area contributed by atoms with Crippen LogP contribution in [-0.4, -0.2) is 12.5 Å². The molecular formula is C15H10BrFN2O2. The standard InChI is InChI=1S/C15H10BrFN2O2/c16-13-9-10(1-6-14(13)17)15(20)19-11-2-4-12(5-3-11)21-8-7-18/h1-6,9H,8H2,(H,19,20). The second-order valence-corrected chi connectivity index (χ2v) is 4.91. The van der Waals surface area contributed by atoms with E-state index in [9.17, 15) is 9.18 Å². The topological polar surface area (TPSA) is 62.1 Å². The first kappa shape index (κ1) is 15.0. The van der Waals surface area contributed by atoms with Gasteiger partial charge in [-0.2, -0.15) is 5.26 Å². The highest BCUT2D eigenvalue weighted by Gasteiger charge is 2.09. The van der Waals surface area contributed by atoms with Crippen LogP contribution in [0.25, 0.3) is 0 Å². The summed E-state index contributed by atoms with van der Waals surface area (Å²) in [6, 6.07) is 12.5. The average molecular weight is 349 g/mol. The molecule has 21 heavy (non-hydrogen) atoms. The predicted molar refractivity (Wildman–Crippen MR) is 79.6 cm³/mol. The molecule has 0 radical (unpaired) electrons. The summed E-state index contributed by atoms with van der Waals surface area (Å²) in [7, 11) is 0. The van der Waals surface area contributed by atoms with Crippen LogP contribution in [-0.2, 0) is 0 Å². The van der Waals surface area contributed by atoms with Crippen molar-refractivity contribution < 1.29 is 13.9 Å². The molecule has 1 N–H and O–H groups in total. The Kier molecular flexibility index (Phi) is 4.90. The molecule has 0 atom stereocenters. The van der Waals surface area contributed by atoms with E-state index in [0.717, 1.165) is 0 Å². The van der Waals surface area contributed by atoms with Gasteiger partial charge in [0.25, 0.3) is 5.91 Å². The molecule has 2 aromatic carbocycles. The summed E-state index contributed by atoms with van der Waals surface area (Å²) in [5.41, 5.74) is 0.915. The van der Waals surface area contributed by atoms with E-state index in [2.05, 4.69) is 21.2 Å². The summed E-state index contributed by atoms with van der Waals surface area (Å²) in [4.78, 5) is 12.0. The van der Waals surface area contributed by atoms with Gasteiger partial charge >= 0.3 is 0 Å². The molecule has 0 aliphatic rings. The van der Waals surface area contributed by atoms with E-state index >= 15 is 0 Å². The van der Waals surface area contributed by atoms with Crippen LogP contribution in [0.1, 0.15) is 10.4 Å². The molecule has 6 heteroatoms. The highest BCUT2D eigenvalue weighted by Crippen LogP contribution is 2.19. The van der Waals surface area contributed by atoms with E-state index in [-0.39, 0.29) is 17.0 Å². The average Bonchev–Trinajstić information content (AvgIpc) is 2.49. The van der Waals surface area contributed by atoms with Crippen LogP contribution in [0.4, 0.5) is 10.1 Å². The minimum atomic E-state index is -0.425. The lowest BCUT2D eigenvalue weighted by Crippen LogP contribution is -2.12. The van der Waals surface area contributed by atoms with Crippen molar-refractivity contribution >= 4 is 27.5 Å². The lowest BCUT2D eigenvalue weighted by atomic mass is 10.2. The number of hydrogen-bond donors (Lipinski definition) is 1. The summed E-state index contributed by atoms with van der Waals surface area (Å²) >= 11 is 3.04. The van der Waals surface area contributed by atoms with Crippen LogP contribution in [0, 0.1) is 17.1 Å². The molecule has 0 aromatic heterocycles. The SMILES string of the molecule is N#CCOc1ccc(NC(=O)c2ccc(F)c(Br)c2)cc1. The largest absolute Gasteiger partial charge is 0.479 e. The Morgan fingerprint density at radius 3 is 2.62 bits per heavy atom. The van der Waals surface area contributed by atoms with Gasteiger partial charge in [0.1, 0.15) is 17.6 Å². The number of rotatable bonds is 4. The zero-order valence-corrected chi connectivity index (χ0v) is 12.4. The molecule has 0 unspecified atom stereocenters.